The first-order valence-electron chi connectivity index (χ1n) is 9.70. The molecule has 8 nitrogen and oxygen atoms in total. The number of ether oxygens (including phenoxy) is 3. The van der Waals surface area contributed by atoms with Crippen LogP contribution in [0, 0.1) is 0 Å². The molecule has 0 aliphatic heterocycles. The Morgan fingerprint density at radius 2 is 1.88 bits per heavy atom. The molecular formula is C24H20N2O6. The zero-order valence-corrected chi connectivity index (χ0v) is 17.5. The topological polar surface area (TPSA) is 99.9 Å². The lowest BCUT2D eigenvalue weighted by Crippen LogP contribution is -2.20. The van der Waals surface area contributed by atoms with Crippen LogP contribution in [0.3, 0.4) is 0 Å². The fourth-order valence-corrected chi connectivity index (χ4v) is 3.17. The first kappa shape index (κ1) is 20.9. The maximum Gasteiger partial charge on any atom is 0.344 e. The van der Waals surface area contributed by atoms with E-state index in [0.29, 0.717) is 45.0 Å². The molecule has 32 heavy (non-hydrogen) atoms. The minimum atomic E-state index is -0.504. The van der Waals surface area contributed by atoms with Gasteiger partial charge in [0.25, 0.3) is 5.91 Å². The van der Waals surface area contributed by atoms with E-state index in [9.17, 15) is 9.59 Å². The Hall–Kier alpha value is -4.33. The molecule has 0 bridgehead atoms. The molecule has 0 aliphatic carbocycles. The molecule has 2 aromatic heterocycles. The molecule has 0 radical (unpaired) electrons. The van der Waals surface area contributed by atoms with E-state index < -0.39 is 5.63 Å². The molecule has 0 aliphatic rings. The molecule has 0 spiro atoms. The normalized spacial score (nSPS) is 10.6. The number of fused-ring (bicyclic) bond motifs is 1. The van der Waals surface area contributed by atoms with Crippen molar-refractivity contribution in [3.05, 3.63) is 77.4 Å². The van der Waals surface area contributed by atoms with Crippen LogP contribution in [-0.2, 0) is 4.79 Å². The van der Waals surface area contributed by atoms with E-state index >= 15 is 0 Å². The van der Waals surface area contributed by atoms with Crippen LogP contribution in [-0.4, -0.2) is 31.7 Å². The van der Waals surface area contributed by atoms with Gasteiger partial charge >= 0.3 is 5.63 Å². The monoisotopic (exact) mass is 432 g/mol. The number of nitrogens with one attached hydrogen (secondary N) is 1. The second-order valence-electron chi connectivity index (χ2n) is 6.80. The molecule has 162 valence electrons. The van der Waals surface area contributed by atoms with Crippen LogP contribution >= 0.6 is 0 Å². The predicted molar refractivity (Wildman–Crippen MR) is 119 cm³/mol. The van der Waals surface area contributed by atoms with Crippen molar-refractivity contribution in [3.8, 4) is 28.4 Å². The van der Waals surface area contributed by atoms with Crippen molar-refractivity contribution in [1.29, 1.82) is 0 Å². The van der Waals surface area contributed by atoms with E-state index in [0.717, 1.165) is 0 Å². The van der Waals surface area contributed by atoms with Gasteiger partial charge in [-0.25, -0.2) is 4.79 Å². The number of hydrogen-bond donors (Lipinski definition) is 1. The Morgan fingerprint density at radius 3 is 2.62 bits per heavy atom. The number of benzene rings is 2. The summed E-state index contributed by atoms with van der Waals surface area (Å²) in [6, 6.07) is 15.4. The average molecular weight is 432 g/mol. The maximum absolute atomic E-state index is 12.6. The first-order chi connectivity index (χ1) is 15.6. The number of nitrogens with zero attached hydrogens (tertiary/aromatic N) is 1. The lowest BCUT2D eigenvalue weighted by molar-refractivity contribution is -0.118. The van der Waals surface area contributed by atoms with Gasteiger partial charge in [-0.1, -0.05) is 6.07 Å². The number of hydrogen-bond acceptors (Lipinski definition) is 7. The molecule has 2 heterocycles. The van der Waals surface area contributed by atoms with Gasteiger partial charge < -0.3 is 23.9 Å². The van der Waals surface area contributed by atoms with Crippen LogP contribution < -0.4 is 25.2 Å². The van der Waals surface area contributed by atoms with Crippen LogP contribution in [0.1, 0.15) is 0 Å². The third kappa shape index (κ3) is 4.54. The molecule has 0 fully saturated rings. The zero-order chi connectivity index (χ0) is 22.5. The van der Waals surface area contributed by atoms with E-state index in [2.05, 4.69) is 10.3 Å². The van der Waals surface area contributed by atoms with Gasteiger partial charge in [0.1, 0.15) is 11.3 Å². The predicted octanol–water partition coefficient (Wildman–Crippen LogP) is 3.89. The molecule has 4 aromatic rings. The minimum absolute atomic E-state index is 0.200. The fraction of sp³-hybridized carbons (Fsp3) is 0.125. The summed E-state index contributed by atoms with van der Waals surface area (Å²) in [4.78, 5) is 28.6. The Kier molecular flexibility index (Phi) is 6.03. The largest absolute Gasteiger partial charge is 0.493 e. The highest BCUT2D eigenvalue weighted by atomic mass is 16.5. The van der Waals surface area contributed by atoms with E-state index in [1.165, 1.54) is 7.11 Å². The summed E-state index contributed by atoms with van der Waals surface area (Å²) >= 11 is 0. The molecule has 0 unspecified atom stereocenters. The maximum atomic E-state index is 12.6. The van der Waals surface area contributed by atoms with Crippen LogP contribution in [0.2, 0.25) is 0 Å². The summed E-state index contributed by atoms with van der Waals surface area (Å²) in [6.45, 7) is -0.200. The minimum Gasteiger partial charge on any atom is -0.493 e. The van der Waals surface area contributed by atoms with E-state index in [-0.39, 0.29) is 12.5 Å². The number of rotatable bonds is 7. The van der Waals surface area contributed by atoms with Crippen LogP contribution in [0.25, 0.3) is 22.1 Å². The third-order valence-electron chi connectivity index (χ3n) is 4.72. The van der Waals surface area contributed by atoms with Crippen molar-refractivity contribution in [2.24, 2.45) is 0 Å². The van der Waals surface area contributed by atoms with Crippen molar-refractivity contribution in [1.82, 2.24) is 4.98 Å². The number of amides is 1. The van der Waals surface area contributed by atoms with Gasteiger partial charge in [0, 0.05) is 17.6 Å². The Morgan fingerprint density at radius 1 is 1.03 bits per heavy atom. The molecule has 4 rings (SSSR count). The van der Waals surface area contributed by atoms with Crippen molar-refractivity contribution in [2.75, 3.05) is 26.1 Å². The van der Waals surface area contributed by atoms with Gasteiger partial charge in [0.05, 0.1) is 31.7 Å². The van der Waals surface area contributed by atoms with E-state index in [4.69, 9.17) is 18.6 Å². The van der Waals surface area contributed by atoms with Gasteiger partial charge in [-0.15, -0.1) is 0 Å². The van der Waals surface area contributed by atoms with Gasteiger partial charge in [-0.3, -0.25) is 9.78 Å². The number of carbonyl (C=O) groups excluding carboxylic acids is 1. The summed E-state index contributed by atoms with van der Waals surface area (Å²) in [5.41, 5.74) is 1.46. The van der Waals surface area contributed by atoms with Crippen LogP contribution in [0.15, 0.2) is 76.2 Å². The van der Waals surface area contributed by atoms with Crippen molar-refractivity contribution in [3.63, 3.8) is 0 Å². The van der Waals surface area contributed by atoms with Crippen molar-refractivity contribution < 1.29 is 23.4 Å². The summed E-state index contributed by atoms with van der Waals surface area (Å²) in [5.74, 6) is 1.15. The third-order valence-corrected chi connectivity index (χ3v) is 4.72. The molecule has 0 saturated heterocycles. The zero-order valence-electron chi connectivity index (χ0n) is 17.5. The van der Waals surface area contributed by atoms with E-state index in [1.54, 1.807) is 74.1 Å². The summed E-state index contributed by atoms with van der Waals surface area (Å²) in [7, 11) is 3.08. The summed E-state index contributed by atoms with van der Waals surface area (Å²) < 4.78 is 21.6. The van der Waals surface area contributed by atoms with Crippen molar-refractivity contribution in [2.45, 2.75) is 0 Å². The summed E-state index contributed by atoms with van der Waals surface area (Å²) in [5, 5.41) is 3.39. The SMILES string of the molecule is COc1ccc(-c2cc3ccc(OCC(=O)Nc4cccnc4)cc3oc2=O)cc1OC. The highest BCUT2D eigenvalue weighted by Crippen LogP contribution is 2.32. The van der Waals surface area contributed by atoms with Gasteiger partial charge in [-0.2, -0.15) is 0 Å². The Bertz CT molecular complexity index is 1320. The first-order valence-corrected chi connectivity index (χ1v) is 9.70. The lowest BCUT2D eigenvalue weighted by atomic mass is 10.1. The Balaban J connectivity index is 1.53. The molecule has 8 heteroatoms. The van der Waals surface area contributed by atoms with Gasteiger partial charge in [0.2, 0.25) is 0 Å². The van der Waals surface area contributed by atoms with Crippen molar-refractivity contribution >= 4 is 22.6 Å². The molecule has 0 atom stereocenters. The second-order valence-corrected chi connectivity index (χ2v) is 6.80. The number of aromatic nitrogens is 1. The number of carbonyl (C=O) groups is 1. The van der Waals surface area contributed by atoms with Gasteiger partial charge in [-0.05, 0) is 48.0 Å². The standard InChI is InChI=1S/C24H20N2O6/c1-29-20-8-6-15(11-22(20)30-2)19-10-16-5-7-18(12-21(16)32-24(19)28)31-14-23(27)26-17-4-3-9-25-13-17/h3-13H,14H2,1-2H3,(H,26,27). The lowest BCUT2D eigenvalue weighted by Gasteiger charge is -2.10. The molecule has 2 aromatic carbocycles. The van der Waals surface area contributed by atoms with Crippen LogP contribution in [0.4, 0.5) is 5.69 Å². The molecule has 1 amide bonds. The van der Waals surface area contributed by atoms with Crippen LogP contribution in [0.5, 0.6) is 17.2 Å². The van der Waals surface area contributed by atoms with Gasteiger partial charge in [0.15, 0.2) is 18.1 Å². The molecule has 0 saturated carbocycles. The summed E-state index contributed by atoms with van der Waals surface area (Å²) in [6.07, 6.45) is 3.16. The van der Waals surface area contributed by atoms with E-state index in [1.807, 2.05) is 0 Å². The highest BCUT2D eigenvalue weighted by molar-refractivity contribution is 5.91. The molecular weight excluding hydrogens is 412 g/mol. The number of pyridine rings is 1. The molecule has 1 N–H and O–H groups in total. The quantitative estimate of drug-likeness (QED) is 0.442. The number of anilines is 1. The average Bonchev–Trinajstić information content (AvgIpc) is 2.82. The highest BCUT2D eigenvalue weighted by Gasteiger charge is 2.12. The smallest absolute Gasteiger partial charge is 0.344 e. The second kappa shape index (κ2) is 9.22. The fourth-order valence-electron chi connectivity index (χ4n) is 3.17. The number of methoxy groups -OCH3 is 2. The Labute approximate surface area is 183 Å².